The quantitative estimate of drug-likeness (QED) is 0.606. The summed E-state index contributed by atoms with van der Waals surface area (Å²) in [5.41, 5.74) is 0.864. The molecule has 0 atom stereocenters. The molecule has 1 heterocycles. The molecule has 0 N–H and O–H groups in total. The second kappa shape index (κ2) is 8.67. The molecule has 28 heavy (non-hydrogen) atoms. The standard InChI is InChI=1S/C20H17ClFNO4S/c1-3-27-16-9-12(8-14(21)18(16)26-2)10-17-19(24)23(20(25)28-17)11-13-6-4-5-7-15(13)22/h4-10H,3,11H2,1-2H3/b17-10-. The van der Waals surface area contributed by atoms with Crippen LogP contribution in [0.1, 0.15) is 18.1 Å². The zero-order valence-corrected chi connectivity index (χ0v) is 16.8. The van der Waals surface area contributed by atoms with E-state index in [0.29, 0.717) is 28.7 Å². The Balaban J connectivity index is 1.88. The van der Waals surface area contributed by atoms with Crippen LogP contribution in [0.2, 0.25) is 5.02 Å². The first kappa shape index (κ1) is 20.2. The van der Waals surface area contributed by atoms with Gasteiger partial charge in [0.15, 0.2) is 11.5 Å². The van der Waals surface area contributed by atoms with Crippen molar-refractivity contribution in [2.24, 2.45) is 0 Å². The minimum absolute atomic E-state index is 0.123. The molecule has 2 aromatic carbocycles. The molecule has 0 spiro atoms. The molecule has 1 fully saturated rings. The Kier molecular flexibility index (Phi) is 6.26. The Labute approximate surface area is 171 Å². The van der Waals surface area contributed by atoms with Crippen LogP contribution in [-0.2, 0) is 11.3 Å². The third kappa shape index (κ3) is 4.15. The molecule has 8 heteroatoms. The highest BCUT2D eigenvalue weighted by molar-refractivity contribution is 8.18. The van der Waals surface area contributed by atoms with Crippen LogP contribution in [0.25, 0.3) is 6.08 Å². The lowest BCUT2D eigenvalue weighted by Crippen LogP contribution is -2.27. The number of hydrogen-bond acceptors (Lipinski definition) is 5. The normalized spacial score (nSPS) is 15.4. The lowest BCUT2D eigenvalue weighted by molar-refractivity contribution is -0.123. The van der Waals surface area contributed by atoms with Gasteiger partial charge in [0.2, 0.25) is 0 Å². The van der Waals surface area contributed by atoms with Crippen LogP contribution in [0.3, 0.4) is 0 Å². The summed E-state index contributed by atoms with van der Waals surface area (Å²) in [7, 11) is 1.48. The van der Waals surface area contributed by atoms with Gasteiger partial charge in [0.1, 0.15) is 5.82 Å². The van der Waals surface area contributed by atoms with Gasteiger partial charge in [0.05, 0.1) is 30.2 Å². The second-order valence-corrected chi connectivity index (χ2v) is 7.23. The summed E-state index contributed by atoms with van der Waals surface area (Å²) in [5.74, 6) is -0.111. The lowest BCUT2D eigenvalue weighted by atomic mass is 10.1. The molecular formula is C20H17ClFNO4S. The number of ether oxygens (including phenoxy) is 2. The predicted molar refractivity (Wildman–Crippen MR) is 107 cm³/mol. The highest BCUT2D eigenvalue weighted by Gasteiger charge is 2.35. The molecule has 1 saturated heterocycles. The van der Waals surface area contributed by atoms with E-state index in [1.165, 1.54) is 13.2 Å². The zero-order valence-electron chi connectivity index (χ0n) is 15.2. The fourth-order valence-electron chi connectivity index (χ4n) is 2.72. The molecule has 2 aromatic rings. The van der Waals surface area contributed by atoms with E-state index < -0.39 is 17.0 Å². The molecule has 1 aliphatic rings. The van der Waals surface area contributed by atoms with Gasteiger partial charge in [-0.2, -0.15) is 0 Å². The van der Waals surface area contributed by atoms with E-state index in [0.717, 1.165) is 16.7 Å². The molecule has 146 valence electrons. The molecule has 0 radical (unpaired) electrons. The summed E-state index contributed by atoms with van der Waals surface area (Å²) in [6, 6.07) is 9.34. The van der Waals surface area contributed by atoms with E-state index in [2.05, 4.69) is 0 Å². The molecular weight excluding hydrogens is 405 g/mol. The van der Waals surface area contributed by atoms with Crippen molar-refractivity contribution in [3.8, 4) is 11.5 Å². The number of carbonyl (C=O) groups excluding carboxylic acids is 2. The second-order valence-electron chi connectivity index (χ2n) is 5.83. The first-order chi connectivity index (χ1) is 13.4. The van der Waals surface area contributed by atoms with Crippen LogP contribution in [-0.4, -0.2) is 29.8 Å². The molecule has 0 bridgehead atoms. The van der Waals surface area contributed by atoms with Crippen LogP contribution < -0.4 is 9.47 Å². The van der Waals surface area contributed by atoms with Gasteiger partial charge < -0.3 is 9.47 Å². The van der Waals surface area contributed by atoms with E-state index in [1.807, 2.05) is 6.92 Å². The molecule has 3 rings (SSSR count). The Hall–Kier alpha value is -2.51. The largest absolute Gasteiger partial charge is 0.491 e. The van der Waals surface area contributed by atoms with Gasteiger partial charge in [-0.25, -0.2) is 4.39 Å². The monoisotopic (exact) mass is 421 g/mol. The number of imide groups is 1. The molecule has 5 nitrogen and oxygen atoms in total. The van der Waals surface area contributed by atoms with Crippen molar-refractivity contribution in [2.75, 3.05) is 13.7 Å². The highest BCUT2D eigenvalue weighted by atomic mass is 35.5. The molecule has 0 aliphatic carbocycles. The first-order valence-corrected chi connectivity index (χ1v) is 9.63. The summed E-state index contributed by atoms with van der Waals surface area (Å²) in [6.45, 7) is 2.12. The van der Waals surface area contributed by atoms with E-state index in [4.69, 9.17) is 21.1 Å². The van der Waals surface area contributed by atoms with Crippen LogP contribution in [0.5, 0.6) is 11.5 Å². The average Bonchev–Trinajstić information content (AvgIpc) is 2.91. The Bertz CT molecular complexity index is 963. The van der Waals surface area contributed by atoms with Gasteiger partial charge in [-0.15, -0.1) is 0 Å². The Morgan fingerprint density at radius 1 is 1.25 bits per heavy atom. The maximum absolute atomic E-state index is 13.9. The molecule has 1 aliphatic heterocycles. The van der Waals surface area contributed by atoms with Gasteiger partial charge in [-0.05, 0) is 48.5 Å². The van der Waals surface area contributed by atoms with Crippen molar-refractivity contribution in [1.82, 2.24) is 4.90 Å². The van der Waals surface area contributed by atoms with E-state index >= 15 is 0 Å². The highest BCUT2D eigenvalue weighted by Crippen LogP contribution is 2.39. The Morgan fingerprint density at radius 2 is 2.00 bits per heavy atom. The number of rotatable bonds is 6. The molecule has 0 saturated carbocycles. The summed E-state index contributed by atoms with van der Waals surface area (Å²) < 4.78 is 24.6. The SMILES string of the molecule is CCOc1cc(/C=C2\SC(=O)N(Cc3ccccc3F)C2=O)cc(Cl)c1OC. The Morgan fingerprint density at radius 3 is 2.68 bits per heavy atom. The number of methoxy groups -OCH3 is 1. The number of halogens is 2. The number of nitrogens with zero attached hydrogens (tertiary/aromatic N) is 1. The minimum Gasteiger partial charge on any atom is -0.491 e. The van der Waals surface area contributed by atoms with Crippen LogP contribution in [0.15, 0.2) is 41.3 Å². The van der Waals surface area contributed by atoms with Gasteiger partial charge >= 0.3 is 0 Å². The predicted octanol–water partition coefficient (Wildman–Crippen LogP) is 5.12. The molecule has 0 unspecified atom stereocenters. The van der Waals surface area contributed by atoms with Crippen molar-refractivity contribution in [2.45, 2.75) is 13.5 Å². The average molecular weight is 422 g/mol. The molecule has 0 aromatic heterocycles. The summed E-state index contributed by atoms with van der Waals surface area (Å²) in [4.78, 5) is 26.2. The molecule has 2 amide bonds. The van der Waals surface area contributed by atoms with Gasteiger partial charge in [0, 0.05) is 5.56 Å². The summed E-state index contributed by atoms with van der Waals surface area (Å²) >= 11 is 7.03. The van der Waals surface area contributed by atoms with E-state index in [1.54, 1.807) is 36.4 Å². The van der Waals surface area contributed by atoms with Crippen molar-refractivity contribution in [3.05, 3.63) is 63.3 Å². The smallest absolute Gasteiger partial charge is 0.293 e. The number of carbonyl (C=O) groups is 2. The van der Waals surface area contributed by atoms with Gasteiger partial charge in [0.25, 0.3) is 11.1 Å². The fraction of sp³-hybridized carbons (Fsp3) is 0.200. The van der Waals surface area contributed by atoms with Crippen LogP contribution in [0, 0.1) is 5.82 Å². The number of amides is 2. The number of benzene rings is 2. The van der Waals surface area contributed by atoms with E-state index in [-0.39, 0.29) is 17.0 Å². The van der Waals surface area contributed by atoms with Crippen molar-refractivity contribution >= 4 is 40.6 Å². The fourth-order valence-corrected chi connectivity index (χ4v) is 3.85. The van der Waals surface area contributed by atoms with Crippen molar-refractivity contribution in [3.63, 3.8) is 0 Å². The van der Waals surface area contributed by atoms with Gasteiger partial charge in [-0.3, -0.25) is 14.5 Å². The van der Waals surface area contributed by atoms with Crippen LogP contribution in [0.4, 0.5) is 9.18 Å². The zero-order chi connectivity index (χ0) is 20.3. The maximum atomic E-state index is 13.9. The van der Waals surface area contributed by atoms with Crippen LogP contribution >= 0.6 is 23.4 Å². The summed E-state index contributed by atoms with van der Waals surface area (Å²) in [6.07, 6.45) is 1.56. The number of thioether (sulfide) groups is 1. The third-order valence-electron chi connectivity index (χ3n) is 3.99. The third-order valence-corrected chi connectivity index (χ3v) is 5.18. The van der Waals surface area contributed by atoms with Gasteiger partial charge in [-0.1, -0.05) is 29.8 Å². The minimum atomic E-state index is -0.483. The summed E-state index contributed by atoms with van der Waals surface area (Å²) in [5, 5.41) is -0.130. The van der Waals surface area contributed by atoms with Crippen molar-refractivity contribution in [1.29, 1.82) is 0 Å². The van der Waals surface area contributed by atoms with Crippen molar-refractivity contribution < 1.29 is 23.5 Å². The topological polar surface area (TPSA) is 55.8 Å². The van der Waals surface area contributed by atoms with E-state index in [9.17, 15) is 14.0 Å². The maximum Gasteiger partial charge on any atom is 0.293 e. The first-order valence-electron chi connectivity index (χ1n) is 8.43. The number of hydrogen-bond donors (Lipinski definition) is 0. The lowest BCUT2D eigenvalue weighted by Gasteiger charge is -2.13.